The Morgan fingerprint density at radius 3 is 1.32 bits per heavy atom. The standard InChI is InChI=1S/C51H32N6/c1-8-25-42(55-43-26-9-2-19-36(43)37-20-3-10-27-44(37)55)35(18-1)33-16-15-17-34(32-33)49-52-50(56-45-28-11-4-21-38(45)39-22-5-12-29-46(39)56)54-51(53-49)57-47-30-13-6-23-40(47)41-24-7-14-31-48(41)57/h1-32H/i4D,5D,6D,7D,11D,12D,13D,14D,21D,22D,23D,24D,28D,29D,30D,31D. The third-order valence-corrected chi connectivity index (χ3v) is 10.2. The Hall–Kier alpha value is -7.83. The van der Waals surface area contributed by atoms with Crippen molar-refractivity contribution in [2.75, 3.05) is 0 Å². The van der Waals surface area contributed by atoms with Gasteiger partial charge in [-0.2, -0.15) is 15.0 Å². The molecule has 6 nitrogen and oxygen atoms in total. The van der Waals surface area contributed by atoms with Crippen molar-refractivity contribution in [2.45, 2.75) is 0 Å². The summed E-state index contributed by atoms with van der Waals surface area (Å²) in [7, 11) is 0. The van der Waals surface area contributed by atoms with E-state index in [1.54, 1.807) is 18.2 Å². The summed E-state index contributed by atoms with van der Waals surface area (Å²) >= 11 is 0. The van der Waals surface area contributed by atoms with Gasteiger partial charge in [0, 0.05) is 43.4 Å². The summed E-state index contributed by atoms with van der Waals surface area (Å²) in [4.78, 5) is 14.6. The van der Waals surface area contributed by atoms with Crippen LogP contribution >= 0.6 is 0 Å². The topological polar surface area (TPSA) is 53.5 Å². The van der Waals surface area contributed by atoms with Crippen molar-refractivity contribution in [3.63, 3.8) is 0 Å². The minimum Gasteiger partial charge on any atom is -0.309 e. The summed E-state index contributed by atoms with van der Waals surface area (Å²) in [6.07, 6.45) is 0. The fourth-order valence-corrected chi connectivity index (χ4v) is 7.85. The highest BCUT2D eigenvalue weighted by Gasteiger charge is 2.21. The SMILES string of the molecule is [2H]c1c([2H])c([2H])c2c(c1[2H])c1c([2H])c([2H])c([2H])c([2H])c1n2-c1nc(-c2cccc(-c3ccccc3-n3c4ccccc4c4ccccc43)c2)nc(-n2c3c([2H])c([2H])c([2H])c([2H])c3c3c([2H])c([2H])c([2H])c([2H])c32)n1. The summed E-state index contributed by atoms with van der Waals surface area (Å²) < 4.78 is 147. The van der Waals surface area contributed by atoms with Crippen LogP contribution in [0.15, 0.2) is 194 Å². The summed E-state index contributed by atoms with van der Waals surface area (Å²) in [5.41, 5.74) is 3.24. The first-order valence-electron chi connectivity index (χ1n) is 25.9. The van der Waals surface area contributed by atoms with Gasteiger partial charge in [0.25, 0.3) is 0 Å². The lowest BCUT2D eigenvalue weighted by atomic mass is 10.0. The first-order valence-corrected chi connectivity index (χ1v) is 17.9. The Labute approximate surface area is 349 Å². The van der Waals surface area contributed by atoms with Gasteiger partial charge in [0.05, 0.1) is 60.7 Å². The Morgan fingerprint density at radius 2 is 0.789 bits per heavy atom. The van der Waals surface area contributed by atoms with Gasteiger partial charge in [0.15, 0.2) is 5.82 Å². The average Bonchev–Trinajstić information content (AvgIpc) is 4.08. The van der Waals surface area contributed by atoms with Gasteiger partial charge in [-0.25, -0.2) is 0 Å². The highest BCUT2D eigenvalue weighted by atomic mass is 15.3. The largest absolute Gasteiger partial charge is 0.309 e. The molecule has 0 aliphatic rings. The lowest BCUT2D eigenvalue weighted by molar-refractivity contribution is 0.893. The molecule has 0 spiro atoms. The monoisotopic (exact) mass is 744 g/mol. The number of nitrogens with zero attached hydrogens (tertiary/aromatic N) is 6. The molecule has 6 heteroatoms. The maximum absolute atomic E-state index is 9.24. The third kappa shape index (κ3) is 4.74. The molecule has 266 valence electrons. The third-order valence-electron chi connectivity index (χ3n) is 10.2. The molecule has 0 bridgehead atoms. The molecule has 57 heavy (non-hydrogen) atoms. The Bertz CT molecular complexity index is 4100. The summed E-state index contributed by atoms with van der Waals surface area (Å²) in [6.45, 7) is 0. The van der Waals surface area contributed by atoms with Crippen LogP contribution in [-0.4, -0.2) is 28.7 Å². The second kappa shape index (κ2) is 12.3. The number of hydrogen-bond donors (Lipinski definition) is 0. The molecule has 0 atom stereocenters. The van der Waals surface area contributed by atoms with Crippen LogP contribution in [0.3, 0.4) is 0 Å². The molecule has 0 saturated heterocycles. The number of rotatable bonds is 5. The van der Waals surface area contributed by atoms with Crippen molar-refractivity contribution in [3.8, 4) is 40.1 Å². The molecule has 0 aliphatic carbocycles. The normalized spacial score (nSPS) is 15.8. The number of hydrogen-bond acceptors (Lipinski definition) is 3. The zero-order valence-corrected chi connectivity index (χ0v) is 29.4. The van der Waals surface area contributed by atoms with Crippen LogP contribution in [0.4, 0.5) is 0 Å². The first kappa shape index (κ1) is 19.7. The van der Waals surface area contributed by atoms with Crippen molar-refractivity contribution >= 4 is 65.4 Å². The van der Waals surface area contributed by atoms with Gasteiger partial charge in [-0.1, -0.05) is 145 Å². The summed E-state index contributed by atoms with van der Waals surface area (Å²) in [5, 5.41) is 1.04. The smallest absolute Gasteiger partial charge is 0.240 e. The molecule has 0 fully saturated rings. The fraction of sp³-hybridized carbons (Fsp3) is 0. The van der Waals surface area contributed by atoms with Crippen LogP contribution in [-0.2, 0) is 0 Å². The molecular formula is C51H32N6. The highest BCUT2D eigenvalue weighted by Crippen LogP contribution is 2.38. The van der Waals surface area contributed by atoms with Gasteiger partial charge in [-0.05, 0) is 54.0 Å². The lowest BCUT2D eigenvalue weighted by Crippen LogP contribution is -2.10. The number of para-hydroxylation sites is 7. The second-order valence-corrected chi connectivity index (χ2v) is 13.3. The van der Waals surface area contributed by atoms with Crippen LogP contribution in [0.5, 0.6) is 0 Å². The summed E-state index contributed by atoms with van der Waals surface area (Å²) in [5.74, 6) is -1.09. The van der Waals surface area contributed by atoms with Gasteiger partial charge in [-0.3, -0.25) is 9.13 Å². The Kier molecular flexibility index (Phi) is 4.26. The summed E-state index contributed by atoms with van der Waals surface area (Å²) in [6, 6.07) is 20.5. The number of benzene rings is 8. The van der Waals surface area contributed by atoms with E-state index in [4.69, 9.17) is 31.4 Å². The van der Waals surface area contributed by atoms with Gasteiger partial charge >= 0.3 is 0 Å². The van der Waals surface area contributed by atoms with Gasteiger partial charge in [-0.15, -0.1) is 0 Å². The predicted molar refractivity (Wildman–Crippen MR) is 234 cm³/mol. The van der Waals surface area contributed by atoms with Crippen LogP contribution < -0.4 is 0 Å². The highest BCUT2D eigenvalue weighted by molar-refractivity contribution is 6.11. The van der Waals surface area contributed by atoms with E-state index in [1.807, 2.05) is 66.7 Å². The average molecular weight is 745 g/mol. The molecule has 0 amide bonds. The molecule has 0 radical (unpaired) electrons. The van der Waals surface area contributed by atoms with E-state index in [0.717, 1.165) is 42.2 Å². The molecule has 0 saturated carbocycles. The van der Waals surface area contributed by atoms with Crippen molar-refractivity contribution in [1.29, 1.82) is 0 Å². The van der Waals surface area contributed by atoms with Crippen molar-refractivity contribution < 1.29 is 21.9 Å². The van der Waals surface area contributed by atoms with E-state index < -0.39 is 109 Å². The van der Waals surface area contributed by atoms with Crippen molar-refractivity contribution in [2.24, 2.45) is 0 Å². The molecule has 4 aromatic heterocycles. The van der Waals surface area contributed by atoms with Crippen LogP contribution in [0.1, 0.15) is 21.9 Å². The van der Waals surface area contributed by atoms with Crippen LogP contribution in [0.2, 0.25) is 0 Å². The van der Waals surface area contributed by atoms with Gasteiger partial charge < -0.3 is 4.57 Å². The van der Waals surface area contributed by atoms with E-state index in [-0.39, 0.29) is 49.4 Å². The molecule has 0 N–H and O–H groups in total. The zero-order valence-electron chi connectivity index (χ0n) is 45.4. The Balaban J connectivity index is 1.23. The maximum Gasteiger partial charge on any atom is 0.240 e. The molecule has 8 aromatic carbocycles. The van der Waals surface area contributed by atoms with Gasteiger partial charge in [0.1, 0.15) is 0 Å². The second-order valence-electron chi connectivity index (χ2n) is 13.3. The molecular weight excluding hydrogens is 697 g/mol. The van der Waals surface area contributed by atoms with Crippen LogP contribution in [0.25, 0.3) is 106 Å². The zero-order chi connectivity index (χ0) is 51.4. The first-order chi connectivity index (χ1) is 34.9. The molecule has 0 aliphatic heterocycles. The number of fused-ring (bicyclic) bond motifs is 9. The quantitative estimate of drug-likeness (QED) is 0.176. The van der Waals surface area contributed by atoms with E-state index in [0.29, 0.717) is 11.1 Å². The van der Waals surface area contributed by atoms with Gasteiger partial charge in [0.2, 0.25) is 11.9 Å². The molecule has 12 aromatic rings. The molecule has 12 rings (SSSR count). The fourth-order valence-electron chi connectivity index (χ4n) is 7.85. The van der Waals surface area contributed by atoms with Crippen molar-refractivity contribution in [1.82, 2.24) is 28.7 Å². The maximum atomic E-state index is 9.24. The van der Waals surface area contributed by atoms with E-state index >= 15 is 0 Å². The predicted octanol–water partition coefficient (Wildman–Crippen LogP) is 12.5. The Morgan fingerprint density at radius 1 is 0.351 bits per heavy atom. The number of aromatic nitrogens is 6. The van der Waals surface area contributed by atoms with Crippen LogP contribution in [0, 0.1) is 0 Å². The minimum atomic E-state index is -0.699. The van der Waals surface area contributed by atoms with E-state index in [2.05, 4.69) is 16.7 Å². The lowest BCUT2D eigenvalue weighted by Gasteiger charge is -2.15. The van der Waals surface area contributed by atoms with E-state index in [1.165, 1.54) is 0 Å². The van der Waals surface area contributed by atoms with Crippen molar-refractivity contribution in [3.05, 3.63) is 194 Å². The van der Waals surface area contributed by atoms with E-state index in [9.17, 15) is 5.48 Å². The minimum absolute atomic E-state index is 0.149. The molecule has 0 unspecified atom stereocenters. The molecule has 4 heterocycles.